The van der Waals surface area contributed by atoms with Crippen LogP contribution in [0.4, 0.5) is 5.69 Å². The minimum atomic E-state index is -0.326. The number of nitro benzene ring substituents is 1. The van der Waals surface area contributed by atoms with Gasteiger partial charge < -0.3 is 4.90 Å². The van der Waals surface area contributed by atoms with Crippen LogP contribution in [0.3, 0.4) is 0 Å². The maximum absolute atomic E-state index is 12.9. The predicted molar refractivity (Wildman–Crippen MR) is 104 cm³/mol. The lowest BCUT2D eigenvalue weighted by atomic mass is 9.42. The highest BCUT2D eigenvalue weighted by molar-refractivity contribution is 5.77. The predicted octanol–water partition coefficient (Wildman–Crippen LogP) is 4.69. The van der Waals surface area contributed by atoms with E-state index in [4.69, 9.17) is 0 Å². The first-order valence-corrected chi connectivity index (χ1v) is 10.4. The zero-order chi connectivity index (χ0) is 19.2. The highest BCUT2D eigenvalue weighted by Crippen LogP contribution is 2.66. The van der Waals surface area contributed by atoms with Crippen molar-refractivity contribution < 1.29 is 9.72 Å². The van der Waals surface area contributed by atoms with Gasteiger partial charge in [0.25, 0.3) is 5.69 Å². The number of benzene rings is 1. The van der Waals surface area contributed by atoms with Gasteiger partial charge in [-0.05, 0) is 80.6 Å². The van der Waals surface area contributed by atoms with Crippen molar-refractivity contribution in [3.8, 4) is 0 Å². The molecule has 0 radical (unpaired) electrons. The third kappa shape index (κ3) is 3.15. The summed E-state index contributed by atoms with van der Waals surface area (Å²) in [5.41, 5.74) is 1.66. The summed E-state index contributed by atoms with van der Waals surface area (Å²) in [6.45, 7) is 5.68. The zero-order valence-corrected chi connectivity index (χ0v) is 16.4. The molecular formula is C22H30N2O3. The molecule has 0 aromatic heterocycles. The summed E-state index contributed by atoms with van der Waals surface area (Å²) in [6.07, 6.45) is 7.78. The lowest BCUT2D eigenvalue weighted by Crippen LogP contribution is -2.55. The van der Waals surface area contributed by atoms with Gasteiger partial charge in [-0.15, -0.1) is 0 Å². The van der Waals surface area contributed by atoms with E-state index >= 15 is 0 Å². The molecule has 27 heavy (non-hydrogen) atoms. The summed E-state index contributed by atoms with van der Waals surface area (Å²) >= 11 is 0. The Morgan fingerprint density at radius 2 is 1.70 bits per heavy atom. The smallest absolute Gasteiger partial charge is 0.269 e. The molecule has 0 spiro atoms. The maximum atomic E-state index is 12.9. The number of hydrogen-bond donors (Lipinski definition) is 0. The largest absolute Gasteiger partial charge is 0.343 e. The molecule has 2 atom stereocenters. The van der Waals surface area contributed by atoms with Gasteiger partial charge in [0, 0.05) is 31.6 Å². The number of rotatable bonds is 6. The van der Waals surface area contributed by atoms with Gasteiger partial charge in [-0.25, -0.2) is 0 Å². The van der Waals surface area contributed by atoms with Crippen LogP contribution >= 0.6 is 0 Å². The van der Waals surface area contributed by atoms with Crippen molar-refractivity contribution in [2.24, 2.45) is 17.3 Å². The van der Waals surface area contributed by atoms with E-state index in [1.807, 2.05) is 17.0 Å². The minimum absolute atomic E-state index is 0.114. The van der Waals surface area contributed by atoms with Crippen LogP contribution in [0.25, 0.3) is 0 Å². The van der Waals surface area contributed by atoms with Crippen LogP contribution in [0.2, 0.25) is 0 Å². The summed E-state index contributed by atoms with van der Waals surface area (Å²) < 4.78 is 0. The van der Waals surface area contributed by atoms with Gasteiger partial charge in [-0.1, -0.05) is 12.1 Å². The number of carbonyl (C=O) groups excluding carboxylic acids is 1. The Morgan fingerprint density at radius 1 is 1.11 bits per heavy atom. The number of non-ortho nitro benzene ring substituents is 1. The van der Waals surface area contributed by atoms with E-state index in [2.05, 4.69) is 13.8 Å². The average Bonchev–Trinajstić information content (AvgIpc) is 2.61. The standard InChI is InChI=1S/C22H30N2O3/c1-3-23(4-2)20(25)14-21-10-16-9-17(11-21)13-22(12-16,15-21)18-5-7-19(8-6-18)24(26)27/h5-8,16-17H,3-4,9-15H2,1-2H3. The molecule has 1 aromatic rings. The Hall–Kier alpha value is -1.91. The topological polar surface area (TPSA) is 63.5 Å². The van der Waals surface area contributed by atoms with Crippen LogP contribution in [0.5, 0.6) is 0 Å². The van der Waals surface area contributed by atoms with Crippen molar-refractivity contribution in [2.45, 2.75) is 64.2 Å². The molecular weight excluding hydrogens is 340 g/mol. The number of carbonyl (C=O) groups is 1. The van der Waals surface area contributed by atoms with E-state index in [-0.39, 0.29) is 21.4 Å². The van der Waals surface area contributed by atoms with Gasteiger partial charge >= 0.3 is 0 Å². The van der Waals surface area contributed by atoms with E-state index < -0.39 is 0 Å². The van der Waals surface area contributed by atoms with Gasteiger partial charge in [-0.2, -0.15) is 0 Å². The molecule has 5 nitrogen and oxygen atoms in total. The molecule has 146 valence electrons. The average molecular weight is 370 g/mol. The number of nitro groups is 1. The van der Waals surface area contributed by atoms with Crippen molar-refractivity contribution in [3.05, 3.63) is 39.9 Å². The Kier molecular flexibility index (Phi) is 4.52. The van der Waals surface area contributed by atoms with Crippen LogP contribution in [-0.4, -0.2) is 28.8 Å². The molecule has 4 bridgehead atoms. The SMILES string of the molecule is CCN(CC)C(=O)CC12CC3CC(C1)CC(c1ccc([N+](=O)[O-])cc1)(C3)C2. The lowest BCUT2D eigenvalue weighted by Gasteiger charge is -2.62. The van der Waals surface area contributed by atoms with Crippen LogP contribution in [-0.2, 0) is 10.2 Å². The van der Waals surface area contributed by atoms with Gasteiger partial charge in [0.1, 0.15) is 0 Å². The second-order valence-corrected chi connectivity index (χ2v) is 9.29. The Labute approximate surface area is 161 Å². The normalized spacial score (nSPS) is 33.9. The monoisotopic (exact) mass is 370 g/mol. The number of amides is 1. The van der Waals surface area contributed by atoms with E-state index in [0.29, 0.717) is 24.2 Å². The van der Waals surface area contributed by atoms with Crippen molar-refractivity contribution in [1.29, 1.82) is 0 Å². The van der Waals surface area contributed by atoms with Gasteiger partial charge in [0.15, 0.2) is 0 Å². The third-order valence-corrected chi connectivity index (χ3v) is 7.52. The summed E-state index contributed by atoms with van der Waals surface area (Å²) in [6, 6.07) is 7.26. The van der Waals surface area contributed by atoms with Crippen molar-refractivity contribution in [2.75, 3.05) is 13.1 Å². The van der Waals surface area contributed by atoms with Crippen LogP contribution in [0.1, 0.15) is 64.4 Å². The first-order chi connectivity index (χ1) is 12.9. The maximum Gasteiger partial charge on any atom is 0.269 e. The van der Waals surface area contributed by atoms with Crippen molar-refractivity contribution in [1.82, 2.24) is 4.90 Å². The molecule has 1 aromatic carbocycles. The van der Waals surface area contributed by atoms with Gasteiger partial charge in [0.05, 0.1) is 4.92 Å². The van der Waals surface area contributed by atoms with Gasteiger partial charge in [0.2, 0.25) is 5.91 Å². The molecule has 4 saturated carbocycles. The molecule has 5 rings (SSSR count). The molecule has 0 N–H and O–H groups in total. The number of nitrogens with zero attached hydrogens (tertiary/aromatic N) is 2. The van der Waals surface area contributed by atoms with E-state index in [1.165, 1.54) is 37.7 Å². The zero-order valence-electron chi connectivity index (χ0n) is 16.4. The number of hydrogen-bond acceptors (Lipinski definition) is 3. The lowest BCUT2D eigenvalue weighted by molar-refractivity contribution is -0.384. The fraction of sp³-hybridized carbons (Fsp3) is 0.682. The summed E-state index contributed by atoms with van der Waals surface area (Å²) in [4.78, 5) is 25.6. The first kappa shape index (κ1) is 18.5. The van der Waals surface area contributed by atoms with Crippen LogP contribution < -0.4 is 0 Å². The van der Waals surface area contributed by atoms with Crippen LogP contribution in [0.15, 0.2) is 24.3 Å². The first-order valence-electron chi connectivity index (χ1n) is 10.4. The highest BCUT2D eigenvalue weighted by Gasteiger charge is 2.58. The molecule has 4 aliphatic carbocycles. The molecule has 4 aliphatic rings. The molecule has 1 amide bonds. The van der Waals surface area contributed by atoms with Crippen LogP contribution in [0, 0.1) is 27.4 Å². The Bertz CT molecular complexity index is 724. The van der Waals surface area contributed by atoms with Crippen molar-refractivity contribution in [3.63, 3.8) is 0 Å². The molecule has 4 fully saturated rings. The molecule has 0 aliphatic heterocycles. The molecule has 0 saturated heterocycles. The molecule has 2 unspecified atom stereocenters. The highest BCUT2D eigenvalue weighted by atomic mass is 16.6. The summed E-state index contributed by atoms with van der Waals surface area (Å²) in [5.74, 6) is 1.71. The summed E-state index contributed by atoms with van der Waals surface area (Å²) in [5, 5.41) is 11.0. The fourth-order valence-corrected chi connectivity index (χ4v) is 6.94. The van der Waals surface area contributed by atoms with E-state index in [1.54, 1.807) is 12.1 Å². The second-order valence-electron chi connectivity index (χ2n) is 9.29. The summed E-state index contributed by atoms with van der Waals surface area (Å²) in [7, 11) is 0. The van der Waals surface area contributed by atoms with E-state index in [9.17, 15) is 14.9 Å². The quantitative estimate of drug-likeness (QED) is 0.539. The Morgan fingerprint density at radius 3 is 2.22 bits per heavy atom. The van der Waals surface area contributed by atoms with Gasteiger partial charge in [-0.3, -0.25) is 14.9 Å². The molecule has 0 heterocycles. The fourth-order valence-electron chi connectivity index (χ4n) is 6.94. The molecule has 5 heteroatoms. The van der Waals surface area contributed by atoms with E-state index in [0.717, 1.165) is 19.5 Å². The second kappa shape index (κ2) is 6.61. The Balaban J connectivity index is 1.62. The minimum Gasteiger partial charge on any atom is -0.343 e. The third-order valence-electron chi connectivity index (χ3n) is 7.52. The van der Waals surface area contributed by atoms with Crippen molar-refractivity contribution >= 4 is 11.6 Å².